The lowest BCUT2D eigenvalue weighted by Gasteiger charge is -2.22. The van der Waals surface area contributed by atoms with Crippen LogP contribution in [-0.2, 0) is 24.3 Å². The Morgan fingerprint density at radius 2 is 1.60 bits per heavy atom. The first-order valence-corrected chi connectivity index (χ1v) is 16.9. The van der Waals surface area contributed by atoms with E-state index in [2.05, 4.69) is 9.71 Å². The molecule has 47 heavy (non-hydrogen) atoms. The van der Waals surface area contributed by atoms with Crippen LogP contribution in [0.2, 0.25) is 5.02 Å². The van der Waals surface area contributed by atoms with Gasteiger partial charge in [-0.25, -0.2) is 5.01 Å². The Bertz CT molecular complexity index is 1940. The summed E-state index contributed by atoms with van der Waals surface area (Å²) in [7, 11) is -4.15. The van der Waals surface area contributed by atoms with Gasteiger partial charge in [0.05, 0.1) is 23.8 Å². The number of amides is 1. The average Bonchev–Trinajstić information content (AvgIpc) is 3.46. The third-order valence-corrected chi connectivity index (χ3v) is 9.19. The molecule has 1 heterocycles. The number of carbonyl (C=O) groups excluding carboxylic acids is 2. The van der Waals surface area contributed by atoms with E-state index in [-0.39, 0.29) is 29.7 Å². The van der Waals surface area contributed by atoms with Gasteiger partial charge in [0.25, 0.3) is 10.0 Å². The van der Waals surface area contributed by atoms with Gasteiger partial charge in [-0.3, -0.25) is 9.59 Å². The Morgan fingerprint density at radius 1 is 0.957 bits per heavy atom. The monoisotopic (exact) mass is 670 g/mol. The lowest BCUT2D eigenvalue weighted by atomic mass is 9.90. The number of nitrogens with one attached hydrogen (secondary N) is 1. The summed E-state index contributed by atoms with van der Waals surface area (Å²) in [6.07, 6.45) is -0.383. The van der Waals surface area contributed by atoms with Crippen molar-refractivity contribution in [3.8, 4) is 0 Å². The summed E-state index contributed by atoms with van der Waals surface area (Å²) < 4.78 is 36.8. The van der Waals surface area contributed by atoms with Gasteiger partial charge in [0, 0.05) is 22.2 Å². The molecule has 5 rings (SSSR count). The minimum Gasteiger partial charge on any atom is -0.466 e. The van der Waals surface area contributed by atoms with E-state index in [0.717, 1.165) is 27.8 Å². The topological polar surface area (TPSA) is 118 Å². The number of hydrazone groups is 1. The van der Waals surface area contributed by atoms with Gasteiger partial charge in [-0.05, 0) is 86.3 Å². The minimum atomic E-state index is -4.15. The number of anilines is 1. The predicted molar refractivity (Wildman–Crippen MR) is 185 cm³/mol. The predicted octanol–water partition coefficient (Wildman–Crippen LogP) is 6.80. The van der Waals surface area contributed by atoms with E-state index in [9.17, 15) is 18.0 Å². The molecule has 0 saturated carbocycles. The van der Waals surface area contributed by atoms with E-state index in [1.54, 1.807) is 24.1 Å². The summed E-state index contributed by atoms with van der Waals surface area (Å²) in [4.78, 5) is 24.1. The van der Waals surface area contributed by atoms with E-state index < -0.39 is 21.9 Å². The van der Waals surface area contributed by atoms with E-state index in [1.165, 1.54) is 24.3 Å². The number of amidine groups is 1. The molecule has 1 aliphatic heterocycles. The first-order chi connectivity index (χ1) is 22.4. The second-order valence-corrected chi connectivity index (χ2v) is 13.3. The summed E-state index contributed by atoms with van der Waals surface area (Å²) >= 11 is 6.04. The van der Waals surface area contributed by atoms with Crippen LogP contribution in [0.5, 0.6) is 0 Å². The highest BCUT2D eigenvalue weighted by Crippen LogP contribution is 2.32. The second-order valence-electron chi connectivity index (χ2n) is 11.3. The average molecular weight is 671 g/mol. The van der Waals surface area contributed by atoms with Crippen molar-refractivity contribution in [2.75, 3.05) is 18.5 Å². The number of aryl methyl sites for hydroxylation is 3. The van der Waals surface area contributed by atoms with E-state index >= 15 is 0 Å². The fraction of sp³-hybridized carbons (Fsp3) is 0.222. The summed E-state index contributed by atoms with van der Waals surface area (Å²) in [5.41, 5.74) is 6.47. The zero-order valence-electron chi connectivity index (χ0n) is 26.5. The molecular formula is C36H35ClN4O5S. The van der Waals surface area contributed by atoms with Crippen molar-refractivity contribution >= 4 is 50.7 Å². The van der Waals surface area contributed by atoms with Gasteiger partial charge in [0.1, 0.15) is 6.42 Å². The molecule has 1 N–H and O–H groups in total. The number of halogens is 1. The van der Waals surface area contributed by atoms with Crippen LogP contribution in [0.1, 0.15) is 52.6 Å². The molecule has 242 valence electrons. The van der Waals surface area contributed by atoms with E-state index in [0.29, 0.717) is 28.5 Å². The van der Waals surface area contributed by atoms with Crippen LogP contribution in [0, 0.1) is 20.8 Å². The first kappa shape index (κ1) is 33.6. The summed E-state index contributed by atoms with van der Waals surface area (Å²) in [5.74, 6) is -1.08. The van der Waals surface area contributed by atoms with Crippen LogP contribution in [0.4, 0.5) is 5.69 Å². The van der Waals surface area contributed by atoms with Crippen LogP contribution in [0.15, 0.2) is 105 Å². The van der Waals surface area contributed by atoms with Crippen LogP contribution in [-0.4, -0.2) is 50.0 Å². The van der Waals surface area contributed by atoms with Gasteiger partial charge < -0.3 is 10.1 Å². The first-order valence-electron chi connectivity index (χ1n) is 15.1. The lowest BCUT2D eigenvalue weighted by Crippen LogP contribution is -2.29. The van der Waals surface area contributed by atoms with Crippen LogP contribution >= 0.6 is 11.6 Å². The molecule has 0 saturated heterocycles. The zero-order chi connectivity index (χ0) is 33.7. The van der Waals surface area contributed by atoms with E-state index in [1.807, 2.05) is 75.4 Å². The van der Waals surface area contributed by atoms with Gasteiger partial charge in [-0.15, -0.1) is 4.40 Å². The summed E-state index contributed by atoms with van der Waals surface area (Å²) in [5, 5.41) is 9.83. The SMILES string of the molecule is CCOC(=O)CC(=O)Nc1ccc(C2=NN(/C(=N/S(=O)(=O)c3ccc(Cl)cc3)c3c(C)cc(C)cc3C)CC2c2ccccc2)cc1. The van der Waals surface area contributed by atoms with Crippen molar-refractivity contribution in [1.29, 1.82) is 0 Å². The van der Waals surface area contributed by atoms with Crippen molar-refractivity contribution in [2.45, 2.75) is 44.9 Å². The summed E-state index contributed by atoms with van der Waals surface area (Å²) in [6, 6.07) is 26.9. The number of carbonyl (C=O) groups is 2. The normalized spacial score (nSPS) is 14.9. The van der Waals surface area contributed by atoms with Crippen LogP contribution < -0.4 is 5.32 Å². The Morgan fingerprint density at radius 3 is 2.21 bits per heavy atom. The molecule has 4 aromatic carbocycles. The lowest BCUT2D eigenvalue weighted by molar-refractivity contribution is -0.145. The molecule has 1 aliphatic rings. The Balaban J connectivity index is 1.58. The van der Waals surface area contributed by atoms with Crippen molar-refractivity contribution < 1.29 is 22.7 Å². The van der Waals surface area contributed by atoms with Crippen molar-refractivity contribution in [2.24, 2.45) is 9.50 Å². The highest BCUT2D eigenvalue weighted by molar-refractivity contribution is 7.90. The standard InChI is InChI=1S/C36H35ClN4O5S/c1-5-46-33(43)21-32(42)38-29-15-11-27(12-16-29)35-31(26-9-7-6-8-10-26)22-41(39-35)36(34-24(3)19-23(2)20-25(34)4)40-47(44,45)30-17-13-28(37)14-18-30/h6-20,31H,5,21-22H2,1-4H3,(H,38,42)/b40-36+. The van der Waals surface area contributed by atoms with Crippen molar-refractivity contribution in [3.05, 3.63) is 129 Å². The highest BCUT2D eigenvalue weighted by Gasteiger charge is 2.34. The number of hydrogen-bond donors (Lipinski definition) is 1. The molecule has 0 aliphatic carbocycles. The maximum Gasteiger partial charge on any atom is 0.315 e. The third-order valence-electron chi connectivity index (χ3n) is 7.65. The Kier molecular flexibility index (Phi) is 10.2. The van der Waals surface area contributed by atoms with Gasteiger partial charge in [0.2, 0.25) is 5.91 Å². The maximum atomic E-state index is 13.7. The molecule has 0 aromatic heterocycles. The molecule has 0 fully saturated rings. The molecule has 0 bridgehead atoms. The Hall–Kier alpha value is -4.80. The fourth-order valence-electron chi connectivity index (χ4n) is 5.64. The number of esters is 1. The van der Waals surface area contributed by atoms with Crippen LogP contribution in [0.25, 0.3) is 0 Å². The fourth-order valence-corrected chi connectivity index (χ4v) is 6.77. The summed E-state index contributed by atoms with van der Waals surface area (Å²) in [6.45, 7) is 8.07. The van der Waals surface area contributed by atoms with Crippen LogP contribution in [0.3, 0.4) is 0 Å². The number of hydrogen-bond acceptors (Lipinski definition) is 6. The minimum absolute atomic E-state index is 0.0189. The smallest absolute Gasteiger partial charge is 0.315 e. The second kappa shape index (κ2) is 14.3. The molecule has 0 radical (unpaired) electrons. The maximum absolute atomic E-state index is 13.7. The third kappa shape index (κ3) is 7.96. The molecule has 11 heteroatoms. The molecular weight excluding hydrogens is 636 g/mol. The quantitative estimate of drug-likeness (QED) is 0.0906. The van der Waals surface area contributed by atoms with Gasteiger partial charge in [-0.2, -0.15) is 13.5 Å². The number of ether oxygens (including phenoxy) is 1. The van der Waals surface area contributed by atoms with Crippen molar-refractivity contribution in [3.63, 3.8) is 0 Å². The van der Waals surface area contributed by atoms with Gasteiger partial charge in [0.15, 0.2) is 5.84 Å². The number of sulfonamides is 1. The molecule has 0 spiro atoms. The molecule has 4 aromatic rings. The zero-order valence-corrected chi connectivity index (χ0v) is 28.1. The van der Waals surface area contributed by atoms with Gasteiger partial charge in [-0.1, -0.05) is 71.8 Å². The Labute approximate surface area is 280 Å². The largest absolute Gasteiger partial charge is 0.466 e. The number of rotatable bonds is 9. The number of nitrogens with zero attached hydrogens (tertiary/aromatic N) is 3. The molecule has 1 atom stereocenters. The van der Waals surface area contributed by atoms with E-state index in [4.69, 9.17) is 21.4 Å². The van der Waals surface area contributed by atoms with Crippen molar-refractivity contribution in [1.82, 2.24) is 5.01 Å². The molecule has 1 amide bonds. The highest BCUT2D eigenvalue weighted by atomic mass is 35.5. The molecule has 9 nitrogen and oxygen atoms in total. The van der Waals surface area contributed by atoms with Gasteiger partial charge >= 0.3 is 5.97 Å². The number of benzene rings is 4. The molecule has 1 unspecified atom stereocenters.